The van der Waals surface area contributed by atoms with Crippen LogP contribution in [0, 0.1) is 6.92 Å². The van der Waals surface area contributed by atoms with E-state index in [0.717, 1.165) is 153 Å². The summed E-state index contributed by atoms with van der Waals surface area (Å²) < 4.78 is 55.3. The molecule has 9 heterocycles. The lowest BCUT2D eigenvalue weighted by Crippen LogP contribution is -2.26. The Bertz CT molecular complexity index is 6040. The molecule has 0 unspecified atom stereocenters. The van der Waals surface area contributed by atoms with Crippen molar-refractivity contribution in [2.75, 3.05) is 98.4 Å². The quantitative estimate of drug-likeness (QED) is 0.0293. The zero-order chi connectivity index (χ0) is 77.6. The minimum absolute atomic E-state index is 0.167. The molecule has 0 amide bonds. The summed E-state index contributed by atoms with van der Waals surface area (Å²) in [7, 11) is -9.03. The standard InChI is InChI=1S/C25H27N4OP.C21H21N4OPS.C21H23N2O2P.C19H19N4O2P/c1-31(2,30)20-12-10-19(11-13-20)26-24-17-23(28-29-15-5-6-16-29)25-21-8-4-3-7-18(21)9-14-22(25)27-24;1-14-11-18-21(28-14)19(23-16-5-4-10-22-13-16)12-20(25-18)24-15-6-8-17(9-7-15)27(2,3)26;1-26(2,24)17-9-7-16(8-10-17)22-21-13-19(15-11-12-25-14-15)18-5-3-4-6-20(18)23-21;1-26(2,25)13-9-7-12(8-10-13)20-19-18-17(22-16(11-24)23-18)14-5-3-4-6-15(14)21-19/h3-4,7-14,17H,5-6,15-16H2,1-2H3,(H2,26,27,28);4-13H,1-3H3,(H2,23,24,25);7-14H,3-6H2,1-2H3,(H,22,23);3-10,24H,11H2,1-2H3,(H,20,21)(H,22,23). The molecule has 0 atom stereocenters. The molecule has 1 fully saturated rings. The van der Waals surface area contributed by atoms with Crippen molar-refractivity contribution < 1.29 is 27.8 Å². The van der Waals surface area contributed by atoms with E-state index < -0.39 is 28.6 Å². The van der Waals surface area contributed by atoms with Gasteiger partial charge in [0.1, 0.15) is 69.5 Å². The van der Waals surface area contributed by atoms with Crippen molar-refractivity contribution in [1.29, 1.82) is 0 Å². The highest BCUT2D eigenvalue weighted by Crippen LogP contribution is 2.42. The second-order valence-corrected chi connectivity index (χ2v) is 43.5. The lowest BCUT2D eigenvalue weighted by Gasteiger charge is -2.21. The number of para-hydroxylation sites is 1. The number of hydrogen-bond acceptors (Lipinski definition) is 20. The van der Waals surface area contributed by atoms with Gasteiger partial charge in [0.2, 0.25) is 0 Å². The van der Waals surface area contributed by atoms with Crippen molar-refractivity contribution >= 4 is 178 Å². The van der Waals surface area contributed by atoms with Crippen LogP contribution in [0.4, 0.5) is 63.1 Å². The molecular formula is C86H90N14O6P4S. The molecule has 0 spiro atoms. The topological polar surface area (TPSA) is 270 Å². The van der Waals surface area contributed by atoms with Gasteiger partial charge in [-0.3, -0.25) is 4.98 Å². The summed E-state index contributed by atoms with van der Waals surface area (Å²) in [6.45, 7) is 18.2. The first kappa shape index (κ1) is 77.2. The Hall–Kier alpha value is -10.6. The van der Waals surface area contributed by atoms with Crippen molar-refractivity contribution in [2.45, 2.75) is 52.1 Å². The molecule has 1 saturated heterocycles. The van der Waals surface area contributed by atoms with Crippen LogP contribution in [-0.2, 0) is 37.7 Å². The fourth-order valence-corrected chi connectivity index (χ4v) is 18.0. The van der Waals surface area contributed by atoms with E-state index in [1.807, 2.05) is 146 Å². The average Bonchev–Trinajstić information content (AvgIpc) is 1.66. The first-order valence-corrected chi connectivity index (χ1v) is 48.1. The fraction of sp³-hybridized carbons (Fsp3) is 0.209. The SMILES string of the molecule is CP(C)(=O)c1ccc(Nc2cc(-c3ccoc3)c3c(n2)CCCC3)cc1.CP(C)(=O)c1ccc(Nc2cc(NN3CCCC3)c3c(ccc4ccccc43)n2)cc1.CP(C)(=O)c1ccc(Nc2nc3ccccc3c3nc(CO)[nH]c23)cc1.Cc1cc2nc(Nc3ccc(P(C)(C)=O)cc3)cc(Nc3cccnc3)c2s1. The van der Waals surface area contributed by atoms with Gasteiger partial charge >= 0.3 is 0 Å². The van der Waals surface area contributed by atoms with Gasteiger partial charge in [0, 0.05) is 102 Å². The summed E-state index contributed by atoms with van der Waals surface area (Å²) in [5, 5.41) is 36.6. The van der Waals surface area contributed by atoms with Gasteiger partial charge in [0.25, 0.3) is 0 Å². The maximum atomic E-state index is 12.3. The molecule has 111 heavy (non-hydrogen) atoms. The average molecular weight is 1570 g/mol. The Morgan fingerprint density at radius 2 is 1.05 bits per heavy atom. The lowest BCUT2D eigenvalue weighted by atomic mass is 9.90. The Morgan fingerprint density at radius 3 is 1.62 bits per heavy atom. The summed E-state index contributed by atoms with van der Waals surface area (Å²) in [4.78, 5) is 32.2. The predicted octanol–water partition coefficient (Wildman–Crippen LogP) is 20.3. The van der Waals surface area contributed by atoms with Crippen LogP contribution in [0.15, 0.2) is 230 Å². The van der Waals surface area contributed by atoms with E-state index in [4.69, 9.17) is 24.4 Å². The van der Waals surface area contributed by atoms with Gasteiger partial charge in [-0.15, -0.1) is 11.3 Å². The van der Waals surface area contributed by atoms with E-state index in [1.54, 1.807) is 89.6 Å². The number of aromatic nitrogens is 7. The highest BCUT2D eigenvalue weighted by Gasteiger charge is 2.22. The number of rotatable bonds is 18. The van der Waals surface area contributed by atoms with Crippen LogP contribution in [0.1, 0.15) is 47.6 Å². The Labute approximate surface area is 650 Å². The molecule has 8 N–H and O–H groups in total. The normalized spacial score (nSPS) is 13.2. The third-order valence-electron chi connectivity index (χ3n) is 19.3. The fourth-order valence-electron chi connectivity index (χ4n) is 13.6. The molecule has 7 aromatic carbocycles. The van der Waals surface area contributed by atoms with Crippen molar-refractivity contribution in [3.05, 3.63) is 247 Å². The molecule has 0 radical (unpaired) electrons. The molecule has 25 heteroatoms. The van der Waals surface area contributed by atoms with Crippen LogP contribution >= 0.6 is 39.9 Å². The molecular weight excluding hydrogens is 1480 g/mol. The Balaban J connectivity index is 0.000000123. The molecule has 1 aliphatic carbocycles. The summed E-state index contributed by atoms with van der Waals surface area (Å²) in [5.41, 5.74) is 19.3. The largest absolute Gasteiger partial charge is 0.472 e. The maximum Gasteiger partial charge on any atom is 0.157 e. The number of aromatic amines is 1. The van der Waals surface area contributed by atoms with Crippen LogP contribution in [0.2, 0.25) is 0 Å². The summed E-state index contributed by atoms with van der Waals surface area (Å²) in [6, 6.07) is 65.4. The van der Waals surface area contributed by atoms with Crippen LogP contribution in [-0.4, -0.2) is 111 Å². The third-order valence-corrected chi connectivity index (χ3v) is 26.6. The Morgan fingerprint density at radius 1 is 0.505 bits per heavy atom. The van der Waals surface area contributed by atoms with Gasteiger partial charge in [-0.25, -0.2) is 29.9 Å². The van der Waals surface area contributed by atoms with Gasteiger partial charge < -0.3 is 64.8 Å². The number of benzene rings is 7. The lowest BCUT2D eigenvalue weighted by molar-refractivity contribution is 0.273. The number of hydrogen-bond donors (Lipinski definition) is 8. The molecule has 15 aromatic rings. The number of nitrogens with one attached hydrogen (secondary N) is 7. The van der Waals surface area contributed by atoms with Crippen LogP contribution in [0.3, 0.4) is 0 Å². The van der Waals surface area contributed by atoms with Gasteiger partial charge in [0.15, 0.2) is 5.82 Å². The minimum Gasteiger partial charge on any atom is -0.472 e. The first-order chi connectivity index (χ1) is 53.3. The first-order valence-electron chi connectivity index (χ1n) is 36.9. The monoisotopic (exact) mass is 1570 g/mol. The second kappa shape index (κ2) is 33.2. The van der Waals surface area contributed by atoms with E-state index in [2.05, 4.69) is 113 Å². The number of imidazole rings is 1. The number of aliphatic hydroxyl groups is 1. The number of aliphatic hydroxyl groups excluding tert-OH is 1. The number of hydrazine groups is 1. The number of H-pyrrole nitrogens is 1. The Kier molecular flexibility index (Phi) is 23.0. The highest BCUT2D eigenvalue weighted by atomic mass is 32.1. The number of anilines is 11. The smallest absolute Gasteiger partial charge is 0.157 e. The number of aryl methyl sites for hydroxylation is 2. The van der Waals surface area contributed by atoms with Gasteiger partial charge in [-0.1, -0.05) is 48.5 Å². The number of fused-ring (bicyclic) bond motifs is 8. The summed E-state index contributed by atoms with van der Waals surface area (Å²) in [5.74, 6) is 3.50. The van der Waals surface area contributed by atoms with E-state index in [-0.39, 0.29) is 6.61 Å². The zero-order valence-corrected chi connectivity index (χ0v) is 67.9. The minimum atomic E-state index is -2.28. The third kappa shape index (κ3) is 18.9. The van der Waals surface area contributed by atoms with E-state index in [9.17, 15) is 23.4 Å². The highest BCUT2D eigenvalue weighted by molar-refractivity contribution is 7.71. The number of nitrogens with zero attached hydrogens (tertiary/aromatic N) is 7. The van der Waals surface area contributed by atoms with E-state index in [0.29, 0.717) is 11.6 Å². The second-order valence-electron chi connectivity index (χ2n) is 29.4. The van der Waals surface area contributed by atoms with Crippen molar-refractivity contribution in [3.8, 4) is 11.1 Å². The molecule has 0 bridgehead atoms. The molecule has 1 aliphatic heterocycles. The molecule has 8 aromatic heterocycles. The van der Waals surface area contributed by atoms with Crippen LogP contribution < -0.4 is 53.2 Å². The molecule has 17 rings (SSSR count). The van der Waals surface area contributed by atoms with Gasteiger partial charge in [-0.05, 0) is 260 Å². The van der Waals surface area contributed by atoms with Crippen molar-refractivity contribution in [2.24, 2.45) is 0 Å². The van der Waals surface area contributed by atoms with Crippen LogP contribution in [0.25, 0.3) is 65.0 Å². The molecule has 566 valence electrons. The van der Waals surface area contributed by atoms with E-state index >= 15 is 0 Å². The van der Waals surface area contributed by atoms with Crippen molar-refractivity contribution in [1.82, 2.24) is 39.9 Å². The number of thiophene rings is 1. The van der Waals surface area contributed by atoms with Crippen molar-refractivity contribution in [3.63, 3.8) is 0 Å². The molecule has 20 nitrogen and oxygen atoms in total. The van der Waals surface area contributed by atoms with Crippen LogP contribution in [0.5, 0.6) is 0 Å². The number of pyridine rings is 5. The zero-order valence-electron chi connectivity index (χ0n) is 63.5. The molecule has 0 saturated carbocycles. The summed E-state index contributed by atoms with van der Waals surface area (Å²) in [6.07, 6.45) is 14.0. The van der Waals surface area contributed by atoms with E-state index in [1.165, 1.54) is 58.2 Å². The number of furan rings is 1. The predicted molar refractivity (Wildman–Crippen MR) is 467 cm³/mol. The maximum absolute atomic E-state index is 12.3. The molecule has 2 aliphatic rings. The van der Waals surface area contributed by atoms with Gasteiger partial charge in [-0.2, -0.15) is 0 Å². The summed E-state index contributed by atoms with van der Waals surface area (Å²) >= 11 is 1.71. The van der Waals surface area contributed by atoms with Gasteiger partial charge in [0.05, 0.1) is 57.0 Å².